The van der Waals surface area contributed by atoms with Gasteiger partial charge in [0.15, 0.2) is 5.82 Å². The summed E-state index contributed by atoms with van der Waals surface area (Å²) in [6.45, 7) is 4.00. The molecular weight excluding hydrogens is 245 g/mol. The summed E-state index contributed by atoms with van der Waals surface area (Å²) < 4.78 is 18.0. The van der Waals surface area contributed by atoms with Crippen molar-refractivity contribution in [3.05, 3.63) is 47.4 Å². The van der Waals surface area contributed by atoms with Crippen LogP contribution in [0.15, 0.2) is 28.8 Å². The molecule has 1 aromatic heterocycles. The number of aromatic nitrogens is 2. The van der Waals surface area contributed by atoms with Crippen LogP contribution in [-0.2, 0) is 12.0 Å². The Balaban J connectivity index is 2.15. The number of nitrogens with zero attached hydrogens (tertiary/aromatic N) is 2. The summed E-state index contributed by atoms with van der Waals surface area (Å²) >= 11 is 0. The minimum atomic E-state index is -0.537. The summed E-state index contributed by atoms with van der Waals surface area (Å²) in [4.78, 5) is 4.35. The van der Waals surface area contributed by atoms with Gasteiger partial charge in [0.1, 0.15) is 5.82 Å². The Bertz CT molecular complexity index is 532. The zero-order valence-corrected chi connectivity index (χ0v) is 11.2. The van der Waals surface area contributed by atoms with Crippen molar-refractivity contribution >= 4 is 0 Å². The van der Waals surface area contributed by atoms with Crippen LogP contribution in [0.1, 0.15) is 44.0 Å². The summed E-state index contributed by atoms with van der Waals surface area (Å²) in [5.41, 5.74) is 6.60. The van der Waals surface area contributed by atoms with E-state index in [0.717, 1.165) is 18.4 Å². The van der Waals surface area contributed by atoms with Gasteiger partial charge in [0.25, 0.3) is 0 Å². The Morgan fingerprint density at radius 3 is 2.42 bits per heavy atom. The number of nitrogens with two attached hydrogens (primary N) is 1. The number of hydrogen-bond donors (Lipinski definition) is 1. The van der Waals surface area contributed by atoms with Crippen molar-refractivity contribution in [3.8, 4) is 0 Å². The maximum Gasteiger partial charge on any atom is 0.231 e. The molecule has 0 fully saturated rings. The lowest BCUT2D eigenvalue weighted by Gasteiger charge is -2.21. The lowest BCUT2D eigenvalue weighted by Crippen LogP contribution is -2.36. The molecule has 4 nitrogen and oxygen atoms in total. The van der Waals surface area contributed by atoms with E-state index >= 15 is 0 Å². The standard InChI is InChI=1S/C14H18FN3O/c1-3-14(16,4-2)13-17-12(19-18-13)9-10-5-7-11(15)8-6-10/h5-8H,3-4,9,16H2,1-2H3. The van der Waals surface area contributed by atoms with E-state index in [-0.39, 0.29) is 5.82 Å². The van der Waals surface area contributed by atoms with Gasteiger partial charge in [0.2, 0.25) is 5.89 Å². The average molecular weight is 263 g/mol. The van der Waals surface area contributed by atoms with Gasteiger partial charge in [0.05, 0.1) is 12.0 Å². The summed E-state index contributed by atoms with van der Waals surface area (Å²) in [6.07, 6.45) is 1.98. The van der Waals surface area contributed by atoms with E-state index < -0.39 is 5.54 Å². The van der Waals surface area contributed by atoms with E-state index in [2.05, 4.69) is 10.1 Å². The van der Waals surface area contributed by atoms with Crippen LogP contribution in [0, 0.1) is 5.82 Å². The van der Waals surface area contributed by atoms with E-state index in [9.17, 15) is 4.39 Å². The molecule has 0 unspecified atom stereocenters. The molecule has 0 bridgehead atoms. The lowest BCUT2D eigenvalue weighted by atomic mass is 9.93. The molecule has 0 atom stereocenters. The molecule has 0 radical (unpaired) electrons. The third kappa shape index (κ3) is 2.98. The van der Waals surface area contributed by atoms with Crippen molar-refractivity contribution < 1.29 is 8.91 Å². The monoisotopic (exact) mass is 263 g/mol. The van der Waals surface area contributed by atoms with Gasteiger partial charge >= 0.3 is 0 Å². The van der Waals surface area contributed by atoms with Crippen LogP contribution >= 0.6 is 0 Å². The average Bonchev–Trinajstić information content (AvgIpc) is 2.89. The first-order chi connectivity index (χ1) is 9.07. The predicted octanol–water partition coefficient (Wildman–Crippen LogP) is 2.77. The van der Waals surface area contributed by atoms with Gasteiger partial charge in [-0.25, -0.2) is 4.39 Å². The van der Waals surface area contributed by atoms with E-state index in [0.29, 0.717) is 18.1 Å². The van der Waals surface area contributed by atoms with Crippen LogP contribution in [0.25, 0.3) is 0 Å². The highest BCUT2D eigenvalue weighted by molar-refractivity contribution is 5.19. The Morgan fingerprint density at radius 2 is 1.84 bits per heavy atom. The van der Waals surface area contributed by atoms with Gasteiger partial charge in [-0.2, -0.15) is 4.98 Å². The molecule has 2 rings (SSSR count). The normalized spacial score (nSPS) is 11.8. The van der Waals surface area contributed by atoms with Crippen LogP contribution in [0.2, 0.25) is 0 Å². The molecule has 1 heterocycles. The van der Waals surface area contributed by atoms with E-state index in [4.69, 9.17) is 10.3 Å². The first kappa shape index (κ1) is 13.7. The fraction of sp³-hybridized carbons (Fsp3) is 0.429. The van der Waals surface area contributed by atoms with Gasteiger partial charge in [-0.15, -0.1) is 0 Å². The minimum Gasteiger partial charge on any atom is -0.339 e. The summed E-state index contributed by atoms with van der Waals surface area (Å²) in [7, 11) is 0. The molecule has 1 aromatic carbocycles. The zero-order chi connectivity index (χ0) is 13.9. The molecule has 19 heavy (non-hydrogen) atoms. The number of benzene rings is 1. The Hall–Kier alpha value is -1.75. The predicted molar refractivity (Wildman–Crippen MR) is 70.0 cm³/mol. The minimum absolute atomic E-state index is 0.257. The van der Waals surface area contributed by atoms with Gasteiger partial charge in [-0.3, -0.25) is 0 Å². The number of hydrogen-bond acceptors (Lipinski definition) is 4. The first-order valence-electron chi connectivity index (χ1n) is 6.43. The van der Waals surface area contributed by atoms with E-state index in [1.165, 1.54) is 12.1 Å². The van der Waals surface area contributed by atoms with Crippen molar-refractivity contribution in [2.45, 2.75) is 38.6 Å². The molecule has 2 N–H and O–H groups in total. The maximum absolute atomic E-state index is 12.8. The highest BCUT2D eigenvalue weighted by atomic mass is 19.1. The van der Waals surface area contributed by atoms with Gasteiger partial charge in [-0.1, -0.05) is 31.1 Å². The number of halogens is 1. The van der Waals surface area contributed by atoms with Gasteiger partial charge < -0.3 is 10.3 Å². The zero-order valence-electron chi connectivity index (χ0n) is 11.2. The van der Waals surface area contributed by atoms with Crippen molar-refractivity contribution in [1.82, 2.24) is 10.1 Å². The second-order valence-electron chi connectivity index (χ2n) is 4.68. The molecule has 2 aromatic rings. The molecule has 102 valence electrons. The Kier molecular flexibility index (Phi) is 3.95. The second kappa shape index (κ2) is 5.48. The molecule has 0 aliphatic rings. The van der Waals surface area contributed by atoms with Crippen LogP contribution in [-0.4, -0.2) is 10.1 Å². The molecular formula is C14H18FN3O. The molecule has 0 saturated carbocycles. The Labute approximate surface area is 111 Å². The Morgan fingerprint density at radius 1 is 1.21 bits per heavy atom. The molecule has 0 spiro atoms. The lowest BCUT2D eigenvalue weighted by molar-refractivity contribution is 0.337. The fourth-order valence-electron chi connectivity index (χ4n) is 1.87. The molecule has 0 aliphatic carbocycles. The van der Waals surface area contributed by atoms with Crippen molar-refractivity contribution in [2.24, 2.45) is 5.73 Å². The van der Waals surface area contributed by atoms with Crippen molar-refractivity contribution in [1.29, 1.82) is 0 Å². The molecule has 0 aliphatic heterocycles. The second-order valence-corrected chi connectivity index (χ2v) is 4.68. The molecule has 0 amide bonds. The van der Waals surface area contributed by atoms with Gasteiger partial charge in [0, 0.05) is 0 Å². The molecule has 5 heteroatoms. The quantitative estimate of drug-likeness (QED) is 0.900. The van der Waals surface area contributed by atoms with Gasteiger partial charge in [-0.05, 0) is 30.5 Å². The number of rotatable bonds is 5. The smallest absolute Gasteiger partial charge is 0.231 e. The van der Waals surface area contributed by atoms with E-state index in [1.807, 2.05) is 13.8 Å². The van der Waals surface area contributed by atoms with Crippen LogP contribution < -0.4 is 5.73 Å². The summed E-state index contributed by atoms with van der Waals surface area (Å²) in [5, 5.41) is 3.96. The van der Waals surface area contributed by atoms with Crippen LogP contribution in [0.5, 0.6) is 0 Å². The fourth-order valence-corrected chi connectivity index (χ4v) is 1.87. The topological polar surface area (TPSA) is 64.9 Å². The largest absolute Gasteiger partial charge is 0.339 e. The third-order valence-electron chi connectivity index (χ3n) is 3.44. The summed E-state index contributed by atoms with van der Waals surface area (Å²) in [6, 6.07) is 6.24. The maximum atomic E-state index is 12.8. The highest BCUT2D eigenvalue weighted by Crippen LogP contribution is 2.23. The molecule has 0 saturated heterocycles. The SMILES string of the molecule is CCC(N)(CC)c1noc(Cc2ccc(F)cc2)n1. The van der Waals surface area contributed by atoms with Crippen LogP contribution in [0.3, 0.4) is 0 Å². The van der Waals surface area contributed by atoms with E-state index in [1.54, 1.807) is 12.1 Å². The van der Waals surface area contributed by atoms with Crippen LogP contribution in [0.4, 0.5) is 4.39 Å². The first-order valence-corrected chi connectivity index (χ1v) is 6.43. The summed E-state index contributed by atoms with van der Waals surface area (Å²) in [5.74, 6) is 0.779. The third-order valence-corrected chi connectivity index (χ3v) is 3.44. The highest BCUT2D eigenvalue weighted by Gasteiger charge is 2.28. The van der Waals surface area contributed by atoms with Crippen molar-refractivity contribution in [3.63, 3.8) is 0 Å². The van der Waals surface area contributed by atoms with Crippen molar-refractivity contribution in [2.75, 3.05) is 0 Å².